The van der Waals surface area contributed by atoms with Crippen molar-refractivity contribution in [2.45, 2.75) is 18.6 Å². The lowest BCUT2D eigenvalue weighted by Crippen LogP contribution is -2.09. The third-order valence-electron chi connectivity index (χ3n) is 4.01. The van der Waals surface area contributed by atoms with Crippen molar-refractivity contribution in [3.63, 3.8) is 0 Å². The fourth-order valence-corrected chi connectivity index (χ4v) is 2.83. The van der Waals surface area contributed by atoms with E-state index >= 15 is 0 Å². The van der Waals surface area contributed by atoms with E-state index in [1.165, 1.54) is 14.2 Å². The molecule has 0 aliphatic carbocycles. The first-order chi connectivity index (χ1) is 11.7. The Kier molecular flexibility index (Phi) is 4.78. The second-order valence-corrected chi connectivity index (χ2v) is 5.44. The molecule has 0 radical (unpaired) electrons. The Hall–Kier alpha value is -2.44. The standard InChI is InChI=1S/C18H20O6/c1-21-14-9-15-17(24-10-23-15)18(22-2)16(14)13(20)8-12(19)11-6-4-3-5-7-11/h3-7,9,12-13,19-20H,8,10H2,1-2H3/t12-,13-/m0/s1. The van der Waals surface area contributed by atoms with Gasteiger partial charge in [-0.05, 0) is 5.56 Å². The van der Waals surface area contributed by atoms with E-state index in [9.17, 15) is 10.2 Å². The van der Waals surface area contributed by atoms with Crippen molar-refractivity contribution in [1.82, 2.24) is 0 Å². The summed E-state index contributed by atoms with van der Waals surface area (Å²) in [5, 5.41) is 21.1. The van der Waals surface area contributed by atoms with Gasteiger partial charge in [-0.15, -0.1) is 0 Å². The second-order valence-electron chi connectivity index (χ2n) is 5.44. The highest BCUT2D eigenvalue weighted by atomic mass is 16.7. The molecule has 0 spiro atoms. The lowest BCUT2D eigenvalue weighted by Gasteiger charge is -2.21. The van der Waals surface area contributed by atoms with Gasteiger partial charge in [-0.2, -0.15) is 0 Å². The minimum absolute atomic E-state index is 0.0844. The minimum Gasteiger partial charge on any atom is -0.496 e. The highest BCUT2D eigenvalue weighted by Crippen LogP contribution is 2.50. The van der Waals surface area contributed by atoms with E-state index in [1.54, 1.807) is 6.07 Å². The van der Waals surface area contributed by atoms with Gasteiger partial charge >= 0.3 is 0 Å². The topological polar surface area (TPSA) is 77.4 Å². The number of aliphatic hydroxyl groups excluding tert-OH is 2. The quantitative estimate of drug-likeness (QED) is 0.847. The van der Waals surface area contributed by atoms with Crippen LogP contribution in [0.25, 0.3) is 0 Å². The molecule has 0 aromatic heterocycles. The summed E-state index contributed by atoms with van der Waals surface area (Å²) < 4.78 is 21.6. The molecule has 6 heteroatoms. The van der Waals surface area contributed by atoms with Gasteiger partial charge in [0.1, 0.15) is 5.75 Å². The van der Waals surface area contributed by atoms with Gasteiger partial charge in [-0.3, -0.25) is 0 Å². The number of rotatable bonds is 6. The normalized spacial score (nSPS) is 15.0. The zero-order valence-corrected chi connectivity index (χ0v) is 13.6. The molecule has 1 heterocycles. The van der Waals surface area contributed by atoms with Crippen LogP contribution in [0, 0.1) is 0 Å². The average Bonchev–Trinajstić information content (AvgIpc) is 3.08. The van der Waals surface area contributed by atoms with Crippen LogP contribution in [0.4, 0.5) is 0 Å². The number of hydrogen-bond acceptors (Lipinski definition) is 6. The summed E-state index contributed by atoms with van der Waals surface area (Å²) >= 11 is 0. The Morgan fingerprint density at radius 2 is 1.79 bits per heavy atom. The highest BCUT2D eigenvalue weighted by molar-refractivity contribution is 5.63. The van der Waals surface area contributed by atoms with Crippen molar-refractivity contribution in [2.24, 2.45) is 0 Å². The Bertz CT molecular complexity index is 700. The van der Waals surface area contributed by atoms with Crippen LogP contribution in [0.3, 0.4) is 0 Å². The van der Waals surface area contributed by atoms with Crippen LogP contribution in [0.5, 0.6) is 23.0 Å². The molecule has 0 unspecified atom stereocenters. The van der Waals surface area contributed by atoms with Crippen LogP contribution in [0.2, 0.25) is 0 Å². The van der Waals surface area contributed by atoms with E-state index in [0.29, 0.717) is 28.6 Å². The molecule has 2 atom stereocenters. The molecule has 2 aromatic carbocycles. The first-order valence-corrected chi connectivity index (χ1v) is 7.61. The van der Waals surface area contributed by atoms with Gasteiger partial charge in [0.25, 0.3) is 0 Å². The molecule has 3 rings (SSSR count). The van der Waals surface area contributed by atoms with E-state index in [4.69, 9.17) is 18.9 Å². The van der Waals surface area contributed by atoms with Gasteiger partial charge in [0.05, 0.1) is 32.0 Å². The van der Waals surface area contributed by atoms with Gasteiger partial charge in [0.2, 0.25) is 12.5 Å². The number of methoxy groups -OCH3 is 2. The zero-order chi connectivity index (χ0) is 17.1. The highest BCUT2D eigenvalue weighted by Gasteiger charge is 2.30. The molecule has 2 aromatic rings. The first kappa shape index (κ1) is 16.4. The molecule has 1 aliphatic heterocycles. The van der Waals surface area contributed by atoms with Crippen molar-refractivity contribution in [2.75, 3.05) is 21.0 Å². The van der Waals surface area contributed by atoms with Crippen LogP contribution in [0.1, 0.15) is 29.8 Å². The molecule has 0 amide bonds. The van der Waals surface area contributed by atoms with Crippen LogP contribution in [-0.4, -0.2) is 31.2 Å². The summed E-state index contributed by atoms with van der Waals surface area (Å²) in [6.07, 6.45) is -1.73. The van der Waals surface area contributed by atoms with E-state index in [1.807, 2.05) is 30.3 Å². The Morgan fingerprint density at radius 1 is 1.04 bits per heavy atom. The number of benzene rings is 2. The third kappa shape index (κ3) is 2.98. The number of aliphatic hydroxyl groups is 2. The molecular formula is C18H20O6. The largest absolute Gasteiger partial charge is 0.496 e. The predicted molar refractivity (Wildman–Crippen MR) is 86.6 cm³/mol. The molecular weight excluding hydrogens is 312 g/mol. The molecule has 2 N–H and O–H groups in total. The van der Waals surface area contributed by atoms with Crippen LogP contribution in [0.15, 0.2) is 36.4 Å². The molecule has 0 saturated carbocycles. The SMILES string of the molecule is COc1cc2c(c(OC)c1[C@@H](O)C[C@H](O)c1ccccc1)OCO2. The maximum absolute atomic E-state index is 10.7. The lowest BCUT2D eigenvalue weighted by atomic mass is 9.97. The number of fused-ring (bicyclic) bond motifs is 1. The smallest absolute Gasteiger partial charge is 0.231 e. The molecule has 24 heavy (non-hydrogen) atoms. The fraction of sp³-hybridized carbons (Fsp3) is 0.333. The van der Waals surface area contributed by atoms with Crippen molar-refractivity contribution in [3.05, 3.63) is 47.5 Å². The van der Waals surface area contributed by atoms with E-state index in [0.717, 1.165) is 5.56 Å². The van der Waals surface area contributed by atoms with Crippen molar-refractivity contribution < 1.29 is 29.2 Å². The van der Waals surface area contributed by atoms with Crippen molar-refractivity contribution in [3.8, 4) is 23.0 Å². The fourth-order valence-electron chi connectivity index (χ4n) is 2.83. The van der Waals surface area contributed by atoms with Crippen molar-refractivity contribution in [1.29, 1.82) is 0 Å². The van der Waals surface area contributed by atoms with Gasteiger partial charge in [0.15, 0.2) is 11.5 Å². The monoisotopic (exact) mass is 332 g/mol. The Morgan fingerprint density at radius 3 is 2.46 bits per heavy atom. The summed E-state index contributed by atoms with van der Waals surface area (Å²) in [7, 11) is 2.99. The Labute approximate surface area is 140 Å². The van der Waals surface area contributed by atoms with Gasteiger partial charge in [0, 0.05) is 12.5 Å². The lowest BCUT2D eigenvalue weighted by molar-refractivity contribution is 0.0770. The third-order valence-corrected chi connectivity index (χ3v) is 4.01. The van der Waals surface area contributed by atoms with E-state index in [-0.39, 0.29) is 13.2 Å². The summed E-state index contributed by atoms with van der Waals surface area (Å²) in [6, 6.07) is 10.8. The van der Waals surface area contributed by atoms with Crippen LogP contribution in [-0.2, 0) is 0 Å². The zero-order valence-electron chi connectivity index (χ0n) is 13.6. The predicted octanol–water partition coefficient (Wildman–Crippen LogP) is 2.59. The van der Waals surface area contributed by atoms with Crippen molar-refractivity contribution >= 4 is 0 Å². The van der Waals surface area contributed by atoms with E-state index < -0.39 is 12.2 Å². The number of hydrogen-bond donors (Lipinski definition) is 2. The average molecular weight is 332 g/mol. The molecule has 6 nitrogen and oxygen atoms in total. The van der Waals surface area contributed by atoms with Crippen LogP contribution < -0.4 is 18.9 Å². The minimum atomic E-state index is -1.00. The summed E-state index contributed by atoms with van der Waals surface area (Å²) in [6.45, 7) is 0.0844. The van der Waals surface area contributed by atoms with E-state index in [2.05, 4.69) is 0 Å². The van der Waals surface area contributed by atoms with Gasteiger partial charge in [-0.25, -0.2) is 0 Å². The number of ether oxygens (including phenoxy) is 4. The summed E-state index contributed by atoms with van der Waals surface area (Å²) in [4.78, 5) is 0. The summed E-state index contributed by atoms with van der Waals surface area (Å²) in [5.41, 5.74) is 1.16. The molecule has 0 saturated heterocycles. The van der Waals surface area contributed by atoms with Gasteiger partial charge in [-0.1, -0.05) is 30.3 Å². The molecule has 0 bridgehead atoms. The van der Waals surface area contributed by atoms with Gasteiger partial charge < -0.3 is 29.2 Å². The maximum atomic E-state index is 10.7. The molecule has 128 valence electrons. The first-order valence-electron chi connectivity index (χ1n) is 7.61. The van der Waals surface area contributed by atoms with Crippen LogP contribution >= 0.6 is 0 Å². The summed E-state index contributed by atoms with van der Waals surface area (Å²) in [5.74, 6) is 1.71. The molecule has 0 fully saturated rings. The Balaban J connectivity index is 1.93. The maximum Gasteiger partial charge on any atom is 0.231 e. The second kappa shape index (κ2) is 6.98. The molecule has 1 aliphatic rings.